The van der Waals surface area contributed by atoms with Crippen molar-refractivity contribution in [3.05, 3.63) is 29.6 Å². The first-order chi connectivity index (χ1) is 10.1. The molecule has 1 aromatic heterocycles. The molecule has 114 valence electrons. The Morgan fingerprint density at radius 2 is 2.19 bits per heavy atom. The smallest absolute Gasteiger partial charge is 0.337 e. The number of carboxylic acids is 1. The number of imidazole rings is 1. The van der Waals surface area contributed by atoms with Gasteiger partial charge in [-0.1, -0.05) is 13.0 Å². The second kappa shape index (κ2) is 6.69. The molecule has 0 aliphatic rings. The Hall–Kier alpha value is -1.92. The summed E-state index contributed by atoms with van der Waals surface area (Å²) in [5, 5.41) is 9.27. The van der Waals surface area contributed by atoms with Crippen molar-refractivity contribution in [3.8, 4) is 0 Å². The van der Waals surface area contributed by atoms with Crippen LogP contribution in [0.3, 0.4) is 0 Å². The zero-order chi connectivity index (χ0) is 15.4. The van der Waals surface area contributed by atoms with E-state index in [1.54, 1.807) is 26.4 Å². The van der Waals surface area contributed by atoms with Crippen LogP contribution in [0.15, 0.2) is 18.2 Å². The van der Waals surface area contributed by atoms with E-state index in [1.807, 2.05) is 17.6 Å². The van der Waals surface area contributed by atoms with Crippen LogP contribution in [0.1, 0.15) is 23.1 Å². The van der Waals surface area contributed by atoms with Gasteiger partial charge in [0.1, 0.15) is 11.3 Å². The highest BCUT2D eigenvalue weighted by atomic mass is 16.5. The van der Waals surface area contributed by atoms with Crippen molar-refractivity contribution in [3.63, 3.8) is 0 Å². The summed E-state index contributed by atoms with van der Waals surface area (Å²) < 4.78 is 12.5. The highest BCUT2D eigenvalue weighted by Gasteiger charge is 2.18. The summed E-state index contributed by atoms with van der Waals surface area (Å²) >= 11 is 0. The second-order valence-corrected chi connectivity index (χ2v) is 4.78. The van der Waals surface area contributed by atoms with Gasteiger partial charge in [-0.15, -0.1) is 0 Å². The number of carboxylic acid groups (broad SMARTS) is 1. The minimum Gasteiger partial charge on any atom is -0.478 e. The first kappa shape index (κ1) is 15.5. The molecule has 6 nitrogen and oxygen atoms in total. The summed E-state index contributed by atoms with van der Waals surface area (Å²) in [5.41, 5.74) is 1.56. The molecule has 0 fully saturated rings. The van der Waals surface area contributed by atoms with Crippen molar-refractivity contribution in [2.24, 2.45) is 0 Å². The van der Waals surface area contributed by atoms with E-state index < -0.39 is 5.97 Å². The van der Waals surface area contributed by atoms with E-state index in [-0.39, 0.29) is 11.7 Å². The molecule has 0 bridgehead atoms. The first-order valence-corrected chi connectivity index (χ1v) is 6.85. The van der Waals surface area contributed by atoms with Crippen LogP contribution < -0.4 is 0 Å². The Morgan fingerprint density at radius 1 is 1.43 bits per heavy atom. The van der Waals surface area contributed by atoms with Gasteiger partial charge in [0.2, 0.25) is 0 Å². The minimum atomic E-state index is -0.965. The summed E-state index contributed by atoms with van der Waals surface area (Å²) in [7, 11) is 3.26. The standard InChI is InChI=1S/C15H20N2O4/c1-4-13-16-14-11(15(18)19)6-5-7-12(14)17(13)8-10(21-3)9-20-2/h5-7,10H,4,8-9H2,1-3H3,(H,18,19). The van der Waals surface area contributed by atoms with E-state index in [4.69, 9.17) is 9.47 Å². The van der Waals surface area contributed by atoms with Crippen molar-refractivity contribution >= 4 is 17.0 Å². The van der Waals surface area contributed by atoms with Crippen LogP contribution in [0.2, 0.25) is 0 Å². The maximum Gasteiger partial charge on any atom is 0.337 e. The van der Waals surface area contributed by atoms with Crippen LogP contribution in [-0.2, 0) is 22.4 Å². The van der Waals surface area contributed by atoms with E-state index in [1.165, 1.54) is 0 Å². The van der Waals surface area contributed by atoms with Crippen molar-refractivity contribution in [2.75, 3.05) is 20.8 Å². The second-order valence-electron chi connectivity index (χ2n) is 4.78. The van der Waals surface area contributed by atoms with Gasteiger partial charge in [0, 0.05) is 20.6 Å². The van der Waals surface area contributed by atoms with Crippen molar-refractivity contribution in [2.45, 2.75) is 26.0 Å². The van der Waals surface area contributed by atoms with Crippen molar-refractivity contribution < 1.29 is 19.4 Å². The Labute approximate surface area is 123 Å². The number of nitrogens with zero attached hydrogens (tertiary/aromatic N) is 2. The number of ether oxygens (including phenoxy) is 2. The molecule has 1 unspecified atom stereocenters. The minimum absolute atomic E-state index is 0.105. The number of benzene rings is 1. The van der Waals surface area contributed by atoms with Crippen molar-refractivity contribution in [1.29, 1.82) is 0 Å². The highest BCUT2D eigenvalue weighted by molar-refractivity contribution is 6.01. The van der Waals surface area contributed by atoms with E-state index in [2.05, 4.69) is 4.98 Å². The normalized spacial score (nSPS) is 12.7. The Bertz CT molecular complexity index is 636. The van der Waals surface area contributed by atoms with Crippen LogP contribution in [0.25, 0.3) is 11.0 Å². The molecule has 1 N–H and O–H groups in total. The highest BCUT2D eigenvalue weighted by Crippen LogP contribution is 2.21. The monoisotopic (exact) mass is 292 g/mol. The molecule has 0 saturated carbocycles. The molecule has 0 radical (unpaired) electrons. The number of aryl methyl sites for hydroxylation is 1. The molecule has 6 heteroatoms. The fourth-order valence-electron chi connectivity index (χ4n) is 2.43. The van der Waals surface area contributed by atoms with Gasteiger partial charge in [-0.3, -0.25) is 0 Å². The third-order valence-electron chi connectivity index (χ3n) is 3.48. The Kier molecular flexibility index (Phi) is 4.93. The zero-order valence-corrected chi connectivity index (χ0v) is 12.5. The quantitative estimate of drug-likeness (QED) is 0.844. The van der Waals surface area contributed by atoms with Crippen LogP contribution >= 0.6 is 0 Å². The molecule has 0 aliphatic heterocycles. The molecule has 1 atom stereocenters. The van der Waals surface area contributed by atoms with Crippen LogP contribution in [-0.4, -0.2) is 47.6 Å². The summed E-state index contributed by atoms with van der Waals surface area (Å²) in [4.78, 5) is 15.8. The number of rotatable bonds is 7. The van der Waals surface area contributed by atoms with Gasteiger partial charge >= 0.3 is 5.97 Å². The number of carbonyl (C=O) groups is 1. The van der Waals surface area contributed by atoms with E-state index >= 15 is 0 Å². The Morgan fingerprint density at radius 3 is 2.76 bits per heavy atom. The third-order valence-corrected chi connectivity index (χ3v) is 3.48. The molecule has 2 aromatic rings. The Balaban J connectivity index is 2.51. The number of hydrogen-bond acceptors (Lipinski definition) is 4. The summed E-state index contributed by atoms with van der Waals surface area (Å²) in [5.74, 6) is -0.120. The topological polar surface area (TPSA) is 73.6 Å². The molecule has 0 amide bonds. The third kappa shape index (κ3) is 3.06. The number of para-hydroxylation sites is 1. The average Bonchev–Trinajstić information content (AvgIpc) is 2.84. The molecule has 0 saturated heterocycles. The molecule has 21 heavy (non-hydrogen) atoms. The maximum absolute atomic E-state index is 11.3. The number of aromatic nitrogens is 2. The molecule has 0 spiro atoms. The van der Waals surface area contributed by atoms with E-state index in [0.29, 0.717) is 18.7 Å². The maximum atomic E-state index is 11.3. The van der Waals surface area contributed by atoms with Crippen molar-refractivity contribution in [1.82, 2.24) is 9.55 Å². The lowest BCUT2D eigenvalue weighted by molar-refractivity contribution is 0.0186. The lowest BCUT2D eigenvalue weighted by Crippen LogP contribution is -2.24. The number of fused-ring (bicyclic) bond motifs is 1. The van der Waals surface area contributed by atoms with Crippen LogP contribution in [0.4, 0.5) is 0 Å². The van der Waals surface area contributed by atoms with Crippen LogP contribution in [0, 0.1) is 0 Å². The van der Waals surface area contributed by atoms with Gasteiger partial charge in [-0.2, -0.15) is 0 Å². The average molecular weight is 292 g/mol. The lowest BCUT2D eigenvalue weighted by atomic mass is 10.2. The largest absolute Gasteiger partial charge is 0.478 e. The summed E-state index contributed by atoms with van der Waals surface area (Å²) in [6.07, 6.45) is 0.614. The van der Waals surface area contributed by atoms with Gasteiger partial charge in [0.05, 0.1) is 30.3 Å². The van der Waals surface area contributed by atoms with E-state index in [9.17, 15) is 9.90 Å². The number of methoxy groups -OCH3 is 2. The van der Waals surface area contributed by atoms with E-state index in [0.717, 1.165) is 17.8 Å². The molecular formula is C15H20N2O4. The summed E-state index contributed by atoms with van der Waals surface area (Å²) in [6, 6.07) is 5.19. The fraction of sp³-hybridized carbons (Fsp3) is 0.467. The van der Waals surface area contributed by atoms with Gasteiger partial charge in [-0.25, -0.2) is 9.78 Å². The first-order valence-electron chi connectivity index (χ1n) is 6.85. The lowest BCUT2D eigenvalue weighted by Gasteiger charge is -2.17. The molecule has 1 aromatic carbocycles. The van der Waals surface area contributed by atoms with Crippen LogP contribution in [0.5, 0.6) is 0 Å². The number of aromatic carboxylic acids is 1. The van der Waals surface area contributed by atoms with Gasteiger partial charge in [0.25, 0.3) is 0 Å². The molecule has 1 heterocycles. The fourth-order valence-corrected chi connectivity index (χ4v) is 2.43. The van der Waals surface area contributed by atoms with Gasteiger partial charge in [-0.05, 0) is 12.1 Å². The molecule has 0 aliphatic carbocycles. The van der Waals surface area contributed by atoms with Gasteiger partial charge in [0.15, 0.2) is 0 Å². The molecule has 2 rings (SSSR count). The number of hydrogen-bond donors (Lipinski definition) is 1. The summed E-state index contributed by atoms with van der Waals surface area (Å²) in [6.45, 7) is 3.04. The zero-order valence-electron chi connectivity index (χ0n) is 12.5. The predicted octanol–water partition coefficient (Wildman–Crippen LogP) is 1.96. The van der Waals surface area contributed by atoms with Gasteiger partial charge < -0.3 is 19.1 Å². The predicted molar refractivity (Wildman–Crippen MR) is 78.7 cm³/mol. The SMILES string of the molecule is CCc1nc2c(C(=O)O)cccc2n1CC(COC)OC. The molecular weight excluding hydrogens is 272 g/mol.